The van der Waals surface area contributed by atoms with Crippen LogP contribution in [0.15, 0.2) is 12.1 Å². The maximum Gasteiger partial charge on any atom is 0.224 e. The summed E-state index contributed by atoms with van der Waals surface area (Å²) in [6.07, 6.45) is 5.64. The fourth-order valence-electron chi connectivity index (χ4n) is 2.22. The Morgan fingerprint density at radius 2 is 2.10 bits per heavy atom. The minimum absolute atomic E-state index is 0.00802. The van der Waals surface area contributed by atoms with E-state index in [1.807, 2.05) is 6.07 Å². The smallest absolute Gasteiger partial charge is 0.224 e. The van der Waals surface area contributed by atoms with Crippen molar-refractivity contribution in [2.24, 2.45) is 5.92 Å². The highest BCUT2D eigenvalue weighted by atomic mass is 16.5. The van der Waals surface area contributed by atoms with E-state index in [1.54, 1.807) is 14.2 Å². The Hall–Kier alpha value is -1.77. The van der Waals surface area contributed by atoms with E-state index < -0.39 is 0 Å². The van der Waals surface area contributed by atoms with Gasteiger partial charge >= 0.3 is 0 Å². The van der Waals surface area contributed by atoms with Crippen LogP contribution < -0.4 is 20.5 Å². The Kier molecular flexibility index (Phi) is 6.29. The summed E-state index contributed by atoms with van der Waals surface area (Å²) in [6.45, 7) is 6.41. The highest BCUT2D eigenvalue weighted by Gasteiger charge is 2.09. The zero-order valence-electron chi connectivity index (χ0n) is 13.1. The average Bonchev–Trinajstić information content (AvgIpc) is 2.41. The number of likely N-dealkylation sites (N-methyl/N-ethyl adjacent to an activating group) is 1. The van der Waals surface area contributed by atoms with E-state index in [2.05, 4.69) is 44.3 Å². The van der Waals surface area contributed by atoms with Gasteiger partial charge in [-0.15, -0.1) is 0 Å². The number of methoxy groups -OCH3 is 1. The fourth-order valence-corrected chi connectivity index (χ4v) is 2.22. The van der Waals surface area contributed by atoms with Gasteiger partial charge in [0.2, 0.25) is 5.91 Å². The molecule has 0 atom stereocenters. The van der Waals surface area contributed by atoms with E-state index in [9.17, 15) is 4.79 Å². The molecule has 1 aromatic carbocycles. The van der Waals surface area contributed by atoms with Gasteiger partial charge in [0, 0.05) is 17.8 Å². The summed E-state index contributed by atoms with van der Waals surface area (Å²) >= 11 is 0. The second-order valence-corrected chi connectivity index (χ2v) is 5.13. The Balaban J connectivity index is 3.50. The summed E-state index contributed by atoms with van der Waals surface area (Å²) in [5.41, 5.74) is 0.924. The van der Waals surface area contributed by atoms with Crippen LogP contribution in [-0.2, 0) is 11.2 Å². The van der Waals surface area contributed by atoms with Crippen LogP contribution >= 0.6 is 0 Å². The van der Waals surface area contributed by atoms with E-state index in [0.29, 0.717) is 12.3 Å². The molecule has 0 spiro atoms. The molecular weight excluding hydrogens is 250 g/mol. The molecule has 0 heterocycles. The van der Waals surface area contributed by atoms with E-state index >= 15 is 0 Å². The molecule has 0 unspecified atom stereocenters. The van der Waals surface area contributed by atoms with Crippen LogP contribution in [0, 0.1) is 5.92 Å². The summed E-state index contributed by atoms with van der Waals surface area (Å²) < 4.78 is 5.57. The second kappa shape index (κ2) is 7.73. The molecule has 0 aromatic heterocycles. The molecule has 0 bridgehead atoms. The molecule has 110 valence electrons. The normalized spacial score (nSPS) is 12.9. The number of hydrogen-bond acceptors (Lipinski definition) is 2. The molecule has 0 saturated carbocycles. The molecule has 0 fully saturated rings. The molecule has 1 amide bonds. The maximum atomic E-state index is 11.6. The third-order valence-electron chi connectivity index (χ3n) is 3.07. The van der Waals surface area contributed by atoms with Crippen molar-refractivity contribution in [1.29, 1.82) is 0 Å². The van der Waals surface area contributed by atoms with Crippen LogP contribution in [0.4, 0.5) is 0 Å². The van der Waals surface area contributed by atoms with E-state index in [4.69, 9.17) is 4.74 Å². The molecule has 0 aliphatic heterocycles. The summed E-state index contributed by atoms with van der Waals surface area (Å²) in [7, 11) is 3.31. The second-order valence-electron chi connectivity index (χ2n) is 5.13. The topological polar surface area (TPSA) is 38.3 Å². The molecule has 1 rings (SSSR count). The third kappa shape index (κ3) is 4.12. The molecule has 1 aromatic rings. The molecule has 0 radical (unpaired) electrons. The predicted molar refractivity (Wildman–Crippen MR) is 84.1 cm³/mol. The number of benzene rings is 1. The molecular formula is C17H25NO2. The Bertz CT molecular complexity index is 573. The molecule has 1 N–H and O–H groups in total. The fraction of sp³-hybridized carbons (Fsp3) is 0.471. The number of amides is 1. The van der Waals surface area contributed by atoms with Gasteiger partial charge < -0.3 is 10.1 Å². The maximum absolute atomic E-state index is 11.6. The van der Waals surface area contributed by atoms with Gasteiger partial charge in [0.25, 0.3) is 0 Å². The first-order chi connectivity index (χ1) is 9.53. The van der Waals surface area contributed by atoms with Crippen LogP contribution in [0.2, 0.25) is 0 Å². The van der Waals surface area contributed by atoms with Crippen molar-refractivity contribution in [3.63, 3.8) is 0 Å². The minimum atomic E-state index is -0.00802. The van der Waals surface area contributed by atoms with Crippen LogP contribution in [0.25, 0.3) is 12.2 Å². The van der Waals surface area contributed by atoms with Gasteiger partial charge in [-0.25, -0.2) is 0 Å². The number of hydrogen-bond donors (Lipinski definition) is 1. The number of carbonyl (C=O) groups excluding carboxylic acids is 1. The molecule has 3 heteroatoms. The lowest BCUT2D eigenvalue weighted by Crippen LogP contribution is -2.29. The molecule has 20 heavy (non-hydrogen) atoms. The minimum Gasteiger partial charge on any atom is -0.496 e. The van der Waals surface area contributed by atoms with Crippen molar-refractivity contribution in [2.75, 3.05) is 14.2 Å². The summed E-state index contributed by atoms with van der Waals surface area (Å²) in [6, 6.07) is 4.05. The van der Waals surface area contributed by atoms with E-state index in [-0.39, 0.29) is 5.91 Å². The SMILES string of the molecule is CC/C=c1/c(OC)c(CC(=O)NC)cc/c1=C/C(C)C. The average molecular weight is 275 g/mol. The number of nitrogens with one attached hydrogen (secondary N) is 1. The largest absolute Gasteiger partial charge is 0.496 e. The van der Waals surface area contributed by atoms with Crippen LogP contribution in [0.5, 0.6) is 5.75 Å². The van der Waals surface area contributed by atoms with Gasteiger partial charge in [0.05, 0.1) is 13.5 Å². The monoisotopic (exact) mass is 275 g/mol. The first-order valence-corrected chi connectivity index (χ1v) is 7.12. The van der Waals surface area contributed by atoms with Gasteiger partial charge in [-0.2, -0.15) is 0 Å². The van der Waals surface area contributed by atoms with Crippen molar-refractivity contribution in [3.05, 3.63) is 28.1 Å². The molecule has 0 aliphatic rings. The lowest BCUT2D eigenvalue weighted by Gasteiger charge is -2.10. The van der Waals surface area contributed by atoms with Crippen LogP contribution in [0.3, 0.4) is 0 Å². The van der Waals surface area contributed by atoms with Gasteiger partial charge in [-0.3, -0.25) is 4.79 Å². The Labute approximate surface area is 121 Å². The van der Waals surface area contributed by atoms with Crippen molar-refractivity contribution < 1.29 is 9.53 Å². The number of rotatable bonds is 5. The van der Waals surface area contributed by atoms with Crippen molar-refractivity contribution in [1.82, 2.24) is 5.32 Å². The Morgan fingerprint density at radius 1 is 1.40 bits per heavy atom. The van der Waals surface area contributed by atoms with Crippen molar-refractivity contribution in [2.45, 2.75) is 33.6 Å². The molecule has 3 nitrogen and oxygen atoms in total. The first-order valence-electron chi connectivity index (χ1n) is 7.12. The van der Waals surface area contributed by atoms with Crippen molar-refractivity contribution >= 4 is 18.1 Å². The standard InChI is InChI=1S/C17H25NO2/c1-6-7-15-13(10-12(2)3)8-9-14(17(15)20-5)11-16(19)18-4/h7-10,12H,6,11H2,1-5H3,(H,18,19)/b13-10-,15-7+. The Morgan fingerprint density at radius 3 is 2.60 bits per heavy atom. The van der Waals surface area contributed by atoms with E-state index in [1.165, 1.54) is 5.22 Å². The van der Waals surface area contributed by atoms with Gasteiger partial charge in [-0.1, -0.05) is 45.1 Å². The lowest BCUT2D eigenvalue weighted by atomic mass is 10.0. The number of ether oxygens (including phenoxy) is 1. The predicted octanol–water partition coefficient (Wildman–Crippen LogP) is 1.61. The summed E-state index contributed by atoms with van der Waals surface area (Å²) in [4.78, 5) is 11.6. The third-order valence-corrected chi connectivity index (χ3v) is 3.07. The van der Waals surface area contributed by atoms with Crippen LogP contribution in [-0.4, -0.2) is 20.1 Å². The van der Waals surface area contributed by atoms with Gasteiger partial charge in [-0.05, 0) is 17.6 Å². The van der Waals surface area contributed by atoms with Crippen LogP contribution in [0.1, 0.15) is 32.8 Å². The highest BCUT2D eigenvalue weighted by molar-refractivity contribution is 5.79. The lowest BCUT2D eigenvalue weighted by molar-refractivity contribution is -0.119. The molecule has 0 saturated heterocycles. The van der Waals surface area contributed by atoms with Gasteiger partial charge in [0.15, 0.2) is 0 Å². The van der Waals surface area contributed by atoms with E-state index in [0.717, 1.165) is 23.0 Å². The van der Waals surface area contributed by atoms with Crippen molar-refractivity contribution in [3.8, 4) is 5.75 Å². The van der Waals surface area contributed by atoms with Gasteiger partial charge in [0.1, 0.15) is 5.75 Å². The first kappa shape index (κ1) is 16.3. The molecule has 0 aliphatic carbocycles. The zero-order valence-corrected chi connectivity index (χ0v) is 13.1. The zero-order chi connectivity index (χ0) is 15.1. The highest BCUT2D eigenvalue weighted by Crippen LogP contribution is 2.12. The quantitative estimate of drug-likeness (QED) is 0.886. The summed E-state index contributed by atoms with van der Waals surface area (Å²) in [5, 5.41) is 4.90. The summed E-state index contributed by atoms with van der Waals surface area (Å²) in [5.74, 6) is 1.27. The number of carbonyl (C=O) groups is 1.